The lowest BCUT2D eigenvalue weighted by Crippen LogP contribution is -2.00. The molecule has 0 bridgehead atoms. The van der Waals surface area contributed by atoms with Gasteiger partial charge in [-0.3, -0.25) is 4.99 Å². The maximum Gasteiger partial charge on any atom is 0.337 e. The molecule has 0 saturated heterocycles. The van der Waals surface area contributed by atoms with Crippen molar-refractivity contribution in [3.63, 3.8) is 0 Å². The van der Waals surface area contributed by atoms with Crippen molar-refractivity contribution in [2.24, 2.45) is 4.99 Å². The number of aromatic hydroxyl groups is 1. The van der Waals surface area contributed by atoms with E-state index in [0.29, 0.717) is 29.2 Å². The molecule has 0 fully saturated rings. The molecule has 0 radical (unpaired) electrons. The SMILES string of the molecule is CCOc1cccc(C=Nc2cccc(C(=O)OC)c2)c1O. The van der Waals surface area contributed by atoms with E-state index in [4.69, 9.17) is 4.74 Å². The van der Waals surface area contributed by atoms with Gasteiger partial charge < -0.3 is 14.6 Å². The van der Waals surface area contributed by atoms with Gasteiger partial charge in [0.1, 0.15) is 0 Å². The predicted molar refractivity (Wildman–Crippen MR) is 84.3 cm³/mol. The molecule has 114 valence electrons. The van der Waals surface area contributed by atoms with Gasteiger partial charge in [0.05, 0.1) is 25.0 Å². The topological polar surface area (TPSA) is 68.1 Å². The normalized spacial score (nSPS) is 10.6. The van der Waals surface area contributed by atoms with Crippen LogP contribution in [0.1, 0.15) is 22.8 Å². The van der Waals surface area contributed by atoms with Crippen LogP contribution in [0.15, 0.2) is 47.5 Å². The zero-order chi connectivity index (χ0) is 15.9. The van der Waals surface area contributed by atoms with Gasteiger partial charge in [0.15, 0.2) is 11.5 Å². The van der Waals surface area contributed by atoms with Gasteiger partial charge in [-0.1, -0.05) is 12.1 Å². The summed E-state index contributed by atoms with van der Waals surface area (Å²) in [5, 5.41) is 10.1. The van der Waals surface area contributed by atoms with E-state index in [1.807, 2.05) is 6.92 Å². The van der Waals surface area contributed by atoms with Gasteiger partial charge in [-0.25, -0.2) is 4.79 Å². The quantitative estimate of drug-likeness (QED) is 0.679. The first-order valence-electron chi connectivity index (χ1n) is 6.83. The van der Waals surface area contributed by atoms with Crippen molar-refractivity contribution in [3.05, 3.63) is 53.6 Å². The summed E-state index contributed by atoms with van der Waals surface area (Å²) in [6, 6.07) is 11.9. The summed E-state index contributed by atoms with van der Waals surface area (Å²) in [4.78, 5) is 15.7. The number of methoxy groups -OCH3 is 1. The standard InChI is InChI=1S/C17H17NO4/c1-3-22-15-9-5-7-13(16(15)19)11-18-14-8-4-6-12(10-14)17(20)21-2/h4-11,19H,3H2,1-2H3. The molecule has 5 nitrogen and oxygen atoms in total. The predicted octanol–water partition coefficient (Wildman–Crippen LogP) is 3.33. The molecule has 2 aromatic rings. The fourth-order valence-electron chi connectivity index (χ4n) is 1.89. The van der Waals surface area contributed by atoms with Crippen molar-refractivity contribution in [2.45, 2.75) is 6.92 Å². The van der Waals surface area contributed by atoms with Crippen molar-refractivity contribution in [1.82, 2.24) is 0 Å². The summed E-state index contributed by atoms with van der Waals surface area (Å²) >= 11 is 0. The van der Waals surface area contributed by atoms with Gasteiger partial charge in [-0.05, 0) is 37.3 Å². The molecule has 1 N–H and O–H groups in total. The fraction of sp³-hybridized carbons (Fsp3) is 0.176. The van der Waals surface area contributed by atoms with Gasteiger partial charge >= 0.3 is 5.97 Å². The molecule has 0 atom stereocenters. The van der Waals surface area contributed by atoms with Crippen molar-refractivity contribution in [1.29, 1.82) is 0 Å². The highest BCUT2D eigenvalue weighted by molar-refractivity contribution is 5.91. The number of rotatable bonds is 5. The first kappa shape index (κ1) is 15.6. The highest BCUT2D eigenvalue weighted by Gasteiger charge is 2.07. The second-order valence-corrected chi connectivity index (χ2v) is 4.43. The largest absolute Gasteiger partial charge is 0.504 e. The van der Waals surface area contributed by atoms with Crippen molar-refractivity contribution in [2.75, 3.05) is 13.7 Å². The molecule has 2 rings (SSSR count). The number of carbonyl (C=O) groups excluding carboxylic acids is 1. The van der Waals surface area contributed by atoms with Crippen LogP contribution in [0, 0.1) is 0 Å². The molecule has 0 aliphatic carbocycles. The van der Waals surface area contributed by atoms with Gasteiger partial charge in [0.25, 0.3) is 0 Å². The number of hydrogen-bond acceptors (Lipinski definition) is 5. The highest BCUT2D eigenvalue weighted by Crippen LogP contribution is 2.29. The van der Waals surface area contributed by atoms with Gasteiger partial charge in [-0.2, -0.15) is 0 Å². The van der Waals surface area contributed by atoms with E-state index in [-0.39, 0.29) is 5.75 Å². The molecular formula is C17H17NO4. The zero-order valence-electron chi connectivity index (χ0n) is 12.4. The minimum absolute atomic E-state index is 0.0391. The Bertz CT molecular complexity index is 695. The van der Waals surface area contributed by atoms with Crippen LogP contribution in [0.3, 0.4) is 0 Å². The lowest BCUT2D eigenvalue weighted by Gasteiger charge is -2.07. The lowest BCUT2D eigenvalue weighted by molar-refractivity contribution is 0.0601. The number of carbonyl (C=O) groups is 1. The number of benzene rings is 2. The Labute approximate surface area is 128 Å². The Balaban J connectivity index is 2.25. The molecule has 0 unspecified atom stereocenters. The second-order valence-electron chi connectivity index (χ2n) is 4.43. The second kappa shape index (κ2) is 7.26. The molecule has 0 amide bonds. The van der Waals surface area contributed by atoms with E-state index >= 15 is 0 Å². The maximum absolute atomic E-state index is 11.5. The third kappa shape index (κ3) is 3.63. The van der Waals surface area contributed by atoms with E-state index in [1.165, 1.54) is 13.3 Å². The smallest absolute Gasteiger partial charge is 0.337 e. The van der Waals surface area contributed by atoms with Crippen LogP contribution in [-0.4, -0.2) is 31.0 Å². The zero-order valence-corrected chi connectivity index (χ0v) is 12.4. The van der Waals surface area contributed by atoms with Gasteiger partial charge in [0, 0.05) is 11.8 Å². The minimum atomic E-state index is -0.418. The molecule has 0 heterocycles. The Kier molecular flexibility index (Phi) is 5.14. The fourth-order valence-corrected chi connectivity index (χ4v) is 1.89. The molecule has 22 heavy (non-hydrogen) atoms. The van der Waals surface area contributed by atoms with Crippen LogP contribution in [0.4, 0.5) is 5.69 Å². The van der Waals surface area contributed by atoms with Crippen molar-refractivity contribution >= 4 is 17.9 Å². The van der Waals surface area contributed by atoms with Crippen LogP contribution in [-0.2, 0) is 4.74 Å². The summed E-state index contributed by atoms with van der Waals surface area (Å²) in [6.45, 7) is 2.31. The number of para-hydroxylation sites is 1. The van der Waals surface area contributed by atoms with Crippen LogP contribution >= 0.6 is 0 Å². The summed E-state index contributed by atoms with van der Waals surface area (Å²) in [6.07, 6.45) is 1.52. The summed E-state index contributed by atoms with van der Waals surface area (Å²) in [7, 11) is 1.33. The average Bonchev–Trinajstić information content (AvgIpc) is 2.55. The molecule has 0 aliphatic heterocycles. The summed E-state index contributed by atoms with van der Waals surface area (Å²) < 4.78 is 9.99. The number of nitrogens with zero attached hydrogens (tertiary/aromatic N) is 1. The molecule has 0 saturated carbocycles. The van der Waals surface area contributed by atoms with Crippen molar-refractivity contribution in [3.8, 4) is 11.5 Å². The number of phenolic OH excluding ortho intramolecular Hbond substituents is 1. The van der Waals surface area contributed by atoms with Gasteiger partial charge in [-0.15, -0.1) is 0 Å². The van der Waals surface area contributed by atoms with E-state index in [9.17, 15) is 9.90 Å². The van der Waals surface area contributed by atoms with E-state index in [1.54, 1.807) is 42.5 Å². The van der Waals surface area contributed by atoms with Crippen molar-refractivity contribution < 1.29 is 19.4 Å². The molecule has 0 spiro atoms. The summed E-state index contributed by atoms with van der Waals surface area (Å²) in [5.41, 5.74) is 1.54. The highest BCUT2D eigenvalue weighted by atomic mass is 16.5. The Morgan fingerprint density at radius 3 is 2.77 bits per heavy atom. The third-order valence-corrected chi connectivity index (χ3v) is 2.95. The molecule has 5 heteroatoms. The monoisotopic (exact) mass is 299 g/mol. The molecule has 0 aromatic heterocycles. The number of esters is 1. The minimum Gasteiger partial charge on any atom is -0.504 e. The Morgan fingerprint density at radius 1 is 1.27 bits per heavy atom. The molecular weight excluding hydrogens is 282 g/mol. The third-order valence-electron chi connectivity index (χ3n) is 2.95. The van der Waals surface area contributed by atoms with Gasteiger partial charge in [0.2, 0.25) is 0 Å². The van der Waals surface area contributed by atoms with Crippen LogP contribution in [0.25, 0.3) is 0 Å². The number of phenols is 1. The first-order valence-corrected chi connectivity index (χ1v) is 6.83. The van der Waals surface area contributed by atoms with Crippen LogP contribution < -0.4 is 4.74 Å². The Hall–Kier alpha value is -2.82. The lowest BCUT2D eigenvalue weighted by atomic mass is 10.2. The number of aliphatic imine (C=N–C) groups is 1. The summed E-state index contributed by atoms with van der Waals surface area (Å²) in [5.74, 6) is 0.0326. The molecule has 0 aliphatic rings. The number of ether oxygens (including phenoxy) is 2. The number of hydrogen-bond donors (Lipinski definition) is 1. The van der Waals surface area contributed by atoms with E-state index < -0.39 is 5.97 Å². The molecule has 2 aromatic carbocycles. The Morgan fingerprint density at radius 2 is 2.05 bits per heavy atom. The first-order chi connectivity index (χ1) is 10.7. The van der Waals surface area contributed by atoms with E-state index in [0.717, 1.165) is 0 Å². The average molecular weight is 299 g/mol. The van der Waals surface area contributed by atoms with E-state index in [2.05, 4.69) is 9.73 Å². The maximum atomic E-state index is 11.5. The van der Waals surface area contributed by atoms with Crippen LogP contribution in [0.2, 0.25) is 0 Å². The van der Waals surface area contributed by atoms with Crippen LogP contribution in [0.5, 0.6) is 11.5 Å².